The monoisotopic (exact) mass is 339 g/mol. The maximum atomic E-state index is 12.5. The molecule has 0 saturated heterocycles. The van der Waals surface area contributed by atoms with E-state index in [0.717, 1.165) is 0 Å². The number of amides is 1. The standard InChI is InChI=1S/C17H25NO6/c1-5-22-13-10-12(17(21)18(4)9-8-15(19)20)11-14(23-6-2)16(13)24-7-3/h10-11H,5-9H2,1-4H3,(H,19,20). The van der Waals surface area contributed by atoms with Gasteiger partial charge in [-0.2, -0.15) is 0 Å². The van der Waals surface area contributed by atoms with Gasteiger partial charge in [0.1, 0.15) is 0 Å². The lowest BCUT2D eigenvalue weighted by Crippen LogP contribution is -2.29. The van der Waals surface area contributed by atoms with Crippen LogP contribution in [0.3, 0.4) is 0 Å². The van der Waals surface area contributed by atoms with E-state index in [1.165, 1.54) is 4.90 Å². The Morgan fingerprint density at radius 2 is 1.50 bits per heavy atom. The van der Waals surface area contributed by atoms with Crippen molar-refractivity contribution in [1.82, 2.24) is 4.90 Å². The van der Waals surface area contributed by atoms with Gasteiger partial charge in [0.15, 0.2) is 11.5 Å². The molecule has 0 saturated carbocycles. The number of ether oxygens (including phenoxy) is 3. The lowest BCUT2D eigenvalue weighted by molar-refractivity contribution is -0.137. The van der Waals surface area contributed by atoms with Crippen LogP contribution in [0.2, 0.25) is 0 Å². The van der Waals surface area contributed by atoms with Crippen LogP contribution in [0.1, 0.15) is 37.6 Å². The average Bonchev–Trinajstić information content (AvgIpc) is 2.55. The molecule has 0 aromatic heterocycles. The number of benzene rings is 1. The van der Waals surface area contributed by atoms with E-state index in [4.69, 9.17) is 19.3 Å². The fourth-order valence-corrected chi connectivity index (χ4v) is 2.10. The molecule has 134 valence electrons. The Kier molecular flexibility index (Phi) is 7.88. The number of carbonyl (C=O) groups is 2. The molecule has 0 spiro atoms. The molecule has 0 unspecified atom stereocenters. The molecule has 0 heterocycles. The van der Waals surface area contributed by atoms with Gasteiger partial charge in [-0.1, -0.05) is 0 Å². The summed E-state index contributed by atoms with van der Waals surface area (Å²) in [6, 6.07) is 3.19. The Morgan fingerprint density at radius 3 is 1.92 bits per heavy atom. The summed E-state index contributed by atoms with van der Waals surface area (Å²) in [6.07, 6.45) is -0.115. The molecule has 0 aliphatic rings. The van der Waals surface area contributed by atoms with E-state index in [9.17, 15) is 9.59 Å². The third-order valence-corrected chi connectivity index (χ3v) is 3.16. The summed E-state index contributed by atoms with van der Waals surface area (Å²) in [7, 11) is 1.56. The summed E-state index contributed by atoms with van der Waals surface area (Å²) in [5, 5.41) is 8.74. The van der Waals surface area contributed by atoms with E-state index < -0.39 is 5.97 Å². The maximum absolute atomic E-state index is 12.5. The fraction of sp³-hybridized carbons (Fsp3) is 0.529. The molecule has 0 aliphatic carbocycles. The summed E-state index contributed by atoms with van der Waals surface area (Å²) in [6.45, 7) is 6.91. The minimum atomic E-state index is -0.952. The first-order chi connectivity index (χ1) is 11.4. The highest BCUT2D eigenvalue weighted by Crippen LogP contribution is 2.39. The molecule has 7 nitrogen and oxygen atoms in total. The van der Waals surface area contributed by atoms with Crippen molar-refractivity contribution in [3.63, 3.8) is 0 Å². The Bertz CT molecular complexity index is 545. The van der Waals surface area contributed by atoms with Gasteiger partial charge in [0.2, 0.25) is 5.75 Å². The van der Waals surface area contributed by atoms with E-state index >= 15 is 0 Å². The molecule has 0 bridgehead atoms. The molecule has 1 rings (SSSR count). The maximum Gasteiger partial charge on any atom is 0.305 e. The van der Waals surface area contributed by atoms with Gasteiger partial charge in [0, 0.05) is 19.2 Å². The number of hydrogen-bond acceptors (Lipinski definition) is 5. The van der Waals surface area contributed by atoms with E-state index in [-0.39, 0.29) is 18.9 Å². The van der Waals surface area contributed by atoms with Crippen LogP contribution in [0.25, 0.3) is 0 Å². The number of rotatable bonds is 10. The molecular weight excluding hydrogens is 314 g/mol. The van der Waals surface area contributed by atoms with Crippen LogP contribution in [-0.2, 0) is 4.79 Å². The third-order valence-electron chi connectivity index (χ3n) is 3.16. The fourth-order valence-electron chi connectivity index (χ4n) is 2.10. The SMILES string of the molecule is CCOc1cc(C(=O)N(C)CCC(=O)O)cc(OCC)c1OCC. The third kappa shape index (κ3) is 5.33. The summed E-state index contributed by atoms with van der Waals surface area (Å²) >= 11 is 0. The van der Waals surface area contributed by atoms with Gasteiger partial charge in [-0.3, -0.25) is 9.59 Å². The minimum Gasteiger partial charge on any atom is -0.490 e. The number of carboxylic acid groups (broad SMARTS) is 1. The molecule has 1 N–H and O–H groups in total. The van der Waals surface area contributed by atoms with Crippen molar-refractivity contribution in [2.24, 2.45) is 0 Å². The predicted molar refractivity (Wildman–Crippen MR) is 89.2 cm³/mol. The zero-order valence-corrected chi connectivity index (χ0v) is 14.6. The number of aliphatic carboxylic acids is 1. The summed E-state index contributed by atoms with van der Waals surface area (Å²) in [5.74, 6) is 0.0686. The van der Waals surface area contributed by atoms with Gasteiger partial charge in [-0.25, -0.2) is 0 Å². The Labute approximate surface area is 142 Å². The van der Waals surface area contributed by atoms with Crippen LogP contribution in [0, 0.1) is 0 Å². The van der Waals surface area contributed by atoms with Gasteiger partial charge < -0.3 is 24.2 Å². The van der Waals surface area contributed by atoms with Crippen LogP contribution in [0.4, 0.5) is 0 Å². The lowest BCUT2D eigenvalue weighted by atomic mass is 10.1. The molecule has 0 atom stereocenters. The second-order valence-corrected chi connectivity index (χ2v) is 4.97. The van der Waals surface area contributed by atoms with Crippen molar-refractivity contribution in [3.05, 3.63) is 17.7 Å². The topological polar surface area (TPSA) is 85.3 Å². The number of hydrogen-bond donors (Lipinski definition) is 1. The normalized spacial score (nSPS) is 10.2. The van der Waals surface area contributed by atoms with Gasteiger partial charge in [0.05, 0.1) is 26.2 Å². The van der Waals surface area contributed by atoms with Gasteiger partial charge in [-0.15, -0.1) is 0 Å². The van der Waals surface area contributed by atoms with Crippen LogP contribution in [-0.4, -0.2) is 55.3 Å². The number of carboxylic acids is 1. The second-order valence-electron chi connectivity index (χ2n) is 4.97. The van der Waals surface area contributed by atoms with Crippen molar-refractivity contribution in [1.29, 1.82) is 0 Å². The Morgan fingerprint density at radius 1 is 1.00 bits per heavy atom. The molecule has 24 heavy (non-hydrogen) atoms. The smallest absolute Gasteiger partial charge is 0.305 e. The van der Waals surface area contributed by atoms with Crippen molar-refractivity contribution in [2.75, 3.05) is 33.4 Å². The predicted octanol–water partition coefficient (Wildman–Crippen LogP) is 2.43. The molecule has 1 aromatic rings. The van der Waals surface area contributed by atoms with Crippen molar-refractivity contribution in [3.8, 4) is 17.2 Å². The first-order valence-corrected chi connectivity index (χ1v) is 7.98. The zero-order chi connectivity index (χ0) is 18.1. The molecule has 7 heteroatoms. The van der Waals surface area contributed by atoms with Gasteiger partial charge in [0.25, 0.3) is 5.91 Å². The van der Waals surface area contributed by atoms with Crippen molar-refractivity contribution in [2.45, 2.75) is 27.2 Å². The van der Waals surface area contributed by atoms with Crippen molar-refractivity contribution < 1.29 is 28.9 Å². The van der Waals surface area contributed by atoms with E-state index in [0.29, 0.717) is 42.6 Å². The average molecular weight is 339 g/mol. The number of nitrogens with zero attached hydrogens (tertiary/aromatic N) is 1. The highest BCUT2D eigenvalue weighted by molar-refractivity contribution is 5.95. The second kappa shape index (κ2) is 9.64. The first-order valence-electron chi connectivity index (χ1n) is 7.98. The molecule has 0 aliphatic heterocycles. The van der Waals surface area contributed by atoms with E-state index in [2.05, 4.69) is 0 Å². The van der Waals surface area contributed by atoms with E-state index in [1.807, 2.05) is 20.8 Å². The summed E-state index contributed by atoms with van der Waals surface area (Å²) in [4.78, 5) is 24.5. The van der Waals surface area contributed by atoms with Gasteiger partial charge in [-0.05, 0) is 32.9 Å². The molecule has 0 radical (unpaired) electrons. The van der Waals surface area contributed by atoms with Crippen LogP contribution in [0.15, 0.2) is 12.1 Å². The number of carbonyl (C=O) groups excluding carboxylic acids is 1. The van der Waals surface area contributed by atoms with E-state index in [1.54, 1.807) is 19.2 Å². The molecule has 1 amide bonds. The molecular formula is C17H25NO6. The zero-order valence-electron chi connectivity index (χ0n) is 14.6. The highest BCUT2D eigenvalue weighted by Gasteiger charge is 2.20. The van der Waals surface area contributed by atoms with Gasteiger partial charge >= 0.3 is 5.97 Å². The molecule has 0 fully saturated rings. The van der Waals surface area contributed by atoms with Crippen LogP contribution < -0.4 is 14.2 Å². The minimum absolute atomic E-state index is 0.115. The first kappa shape index (κ1) is 19.6. The Hall–Kier alpha value is -2.44. The molecule has 1 aromatic carbocycles. The highest BCUT2D eigenvalue weighted by atomic mass is 16.5. The van der Waals surface area contributed by atoms with Crippen molar-refractivity contribution >= 4 is 11.9 Å². The van der Waals surface area contributed by atoms with Crippen LogP contribution in [0.5, 0.6) is 17.2 Å². The summed E-state index contributed by atoms with van der Waals surface area (Å²) in [5.41, 5.74) is 0.359. The summed E-state index contributed by atoms with van der Waals surface area (Å²) < 4.78 is 16.7. The lowest BCUT2D eigenvalue weighted by Gasteiger charge is -2.20. The quantitative estimate of drug-likeness (QED) is 0.705. The largest absolute Gasteiger partial charge is 0.490 e. The van der Waals surface area contributed by atoms with Crippen LogP contribution >= 0.6 is 0 Å². The Balaban J connectivity index is 3.17.